The number of amides is 1. The zero-order valence-electron chi connectivity index (χ0n) is 11.6. The van der Waals surface area contributed by atoms with E-state index in [1.54, 1.807) is 12.1 Å². The number of nitrogens with one attached hydrogen (secondary N) is 1. The first kappa shape index (κ1) is 13.0. The van der Waals surface area contributed by atoms with Crippen molar-refractivity contribution in [2.24, 2.45) is 7.05 Å². The molecule has 2 heterocycles. The van der Waals surface area contributed by atoms with Crippen LogP contribution >= 0.6 is 11.6 Å². The van der Waals surface area contributed by atoms with Crippen LogP contribution in [0.5, 0.6) is 0 Å². The summed E-state index contributed by atoms with van der Waals surface area (Å²) in [5.74, 6) is -0.0804. The number of anilines is 1. The van der Waals surface area contributed by atoms with Crippen molar-refractivity contribution in [2.75, 3.05) is 5.32 Å². The van der Waals surface area contributed by atoms with Crippen LogP contribution in [-0.4, -0.2) is 10.5 Å². The van der Waals surface area contributed by atoms with Crippen LogP contribution in [0.1, 0.15) is 22.5 Å². The summed E-state index contributed by atoms with van der Waals surface area (Å²) in [6.45, 7) is 4.10. The summed E-state index contributed by atoms with van der Waals surface area (Å²) < 4.78 is 2.11. The predicted molar refractivity (Wildman–Crippen MR) is 82.8 cm³/mol. The summed E-state index contributed by atoms with van der Waals surface area (Å²) in [6.07, 6.45) is 1.94. The van der Waals surface area contributed by atoms with E-state index in [0.717, 1.165) is 22.5 Å². The van der Waals surface area contributed by atoms with Crippen LogP contribution in [0.3, 0.4) is 0 Å². The van der Waals surface area contributed by atoms with Gasteiger partial charge in [0.25, 0.3) is 5.91 Å². The standard InChI is InChI=1S/C16H15ClN2O/c1-9-6-11(10(2)19(9)3)7-14-13-5-4-12(17)8-15(13)18-16(14)20/h4-8H,1-3H3,(H,18,20)/b14-7+. The van der Waals surface area contributed by atoms with E-state index in [4.69, 9.17) is 11.6 Å². The maximum atomic E-state index is 12.1. The molecule has 0 unspecified atom stereocenters. The molecule has 0 atom stereocenters. The van der Waals surface area contributed by atoms with Gasteiger partial charge >= 0.3 is 0 Å². The average molecular weight is 287 g/mol. The fourth-order valence-electron chi connectivity index (χ4n) is 2.50. The third-order valence-electron chi connectivity index (χ3n) is 3.88. The maximum absolute atomic E-state index is 12.1. The molecule has 1 aromatic heterocycles. The Morgan fingerprint density at radius 1 is 1.25 bits per heavy atom. The average Bonchev–Trinajstić information content (AvgIpc) is 2.82. The van der Waals surface area contributed by atoms with E-state index in [9.17, 15) is 4.79 Å². The summed E-state index contributed by atoms with van der Waals surface area (Å²) in [4.78, 5) is 12.1. The molecule has 1 aromatic carbocycles. The first-order valence-electron chi connectivity index (χ1n) is 6.43. The van der Waals surface area contributed by atoms with Crippen molar-refractivity contribution in [1.29, 1.82) is 0 Å². The number of fused-ring (bicyclic) bond motifs is 1. The molecule has 1 N–H and O–H groups in total. The number of aryl methyl sites for hydroxylation is 1. The van der Waals surface area contributed by atoms with Crippen LogP contribution in [0.4, 0.5) is 5.69 Å². The smallest absolute Gasteiger partial charge is 0.256 e. The highest BCUT2D eigenvalue weighted by molar-refractivity contribution is 6.36. The molecule has 102 valence electrons. The molecule has 1 amide bonds. The molecule has 0 aliphatic carbocycles. The summed E-state index contributed by atoms with van der Waals surface area (Å²) in [6, 6.07) is 7.55. The van der Waals surface area contributed by atoms with Gasteiger partial charge in [0.15, 0.2) is 0 Å². The Kier molecular flexibility index (Phi) is 2.94. The van der Waals surface area contributed by atoms with Gasteiger partial charge in [-0.05, 0) is 43.7 Å². The molecule has 0 radical (unpaired) electrons. The minimum Gasteiger partial charge on any atom is -0.352 e. The molecule has 0 saturated heterocycles. The third kappa shape index (κ3) is 1.95. The first-order valence-corrected chi connectivity index (χ1v) is 6.81. The molecule has 0 bridgehead atoms. The van der Waals surface area contributed by atoms with Crippen molar-refractivity contribution in [3.8, 4) is 0 Å². The number of hydrogen-bond donors (Lipinski definition) is 1. The highest BCUT2D eigenvalue weighted by Crippen LogP contribution is 2.35. The van der Waals surface area contributed by atoms with E-state index in [1.165, 1.54) is 5.69 Å². The van der Waals surface area contributed by atoms with E-state index in [0.29, 0.717) is 10.6 Å². The number of nitrogens with zero attached hydrogens (tertiary/aromatic N) is 1. The van der Waals surface area contributed by atoms with Crippen LogP contribution in [0.15, 0.2) is 24.3 Å². The van der Waals surface area contributed by atoms with Gasteiger partial charge < -0.3 is 9.88 Å². The zero-order valence-corrected chi connectivity index (χ0v) is 12.4. The van der Waals surface area contributed by atoms with E-state index in [1.807, 2.05) is 19.2 Å². The molecule has 0 saturated carbocycles. The fourth-order valence-corrected chi connectivity index (χ4v) is 2.67. The highest BCUT2D eigenvalue weighted by Gasteiger charge is 2.24. The summed E-state index contributed by atoms with van der Waals surface area (Å²) in [7, 11) is 2.02. The number of carbonyl (C=O) groups is 1. The van der Waals surface area contributed by atoms with Gasteiger partial charge in [-0.15, -0.1) is 0 Å². The molecule has 0 spiro atoms. The Hall–Kier alpha value is -2.00. The zero-order chi connectivity index (χ0) is 14.4. The first-order chi connectivity index (χ1) is 9.47. The third-order valence-corrected chi connectivity index (χ3v) is 4.11. The Labute approximate surface area is 122 Å². The molecule has 20 heavy (non-hydrogen) atoms. The second kappa shape index (κ2) is 4.53. The topological polar surface area (TPSA) is 34.0 Å². The lowest BCUT2D eigenvalue weighted by Crippen LogP contribution is -2.03. The van der Waals surface area contributed by atoms with E-state index in [2.05, 4.69) is 29.8 Å². The van der Waals surface area contributed by atoms with E-state index < -0.39 is 0 Å². The number of carbonyl (C=O) groups excluding carboxylic acids is 1. The quantitative estimate of drug-likeness (QED) is 0.795. The number of hydrogen-bond acceptors (Lipinski definition) is 1. The highest BCUT2D eigenvalue weighted by atomic mass is 35.5. The second-order valence-electron chi connectivity index (χ2n) is 5.09. The summed E-state index contributed by atoms with van der Waals surface area (Å²) >= 11 is 5.95. The monoisotopic (exact) mass is 286 g/mol. The summed E-state index contributed by atoms with van der Waals surface area (Å²) in [5, 5.41) is 3.47. The number of halogens is 1. The lowest BCUT2D eigenvalue weighted by atomic mass is 10.0. The fraction of sp³-hybridized carbons (Fsp3) is 0.188. The number of benzene rings is 1. The molecular formula is C16H15ClN2O. The summed E-state index contributed by atoms with van der Waals surface area (Å²) in [5.41, 5.74) is 5.75. The lowest BCUT2D eigenvalue weighted by Gasteiger charge is -2.01. The van der Waals surface area contributed by atoms with Gasteiger partial charge in [0.2, 0.25) is 0 Å². The van der Waals surface area contributed by atoms with Crippen LogP contribution in [0.2, 0.25) is 5.02 Å². The molecule has 2 aromatic rings. The van der Waals surface area contributed by atoms with Crippen molar-refractivity contribution in [2.45, 2.75) is 13.8 Å². The largest absolute Gasteiger partial charge is 0.352 e. The van der Waals surface area contributed by atoms with Crippen molar-refractivity contribution in [3.63, 3.8) is 0 Å². The van der Waals surface area contributed by atoms with Crippen molar-refractivity contribution < 1.29 is 4.79 Å². The molecule has 3 nitrogen and oxygen atoms in total. The van der Waals surface area contributed by atoms with Gasteiger partial charge in [-0.3, -0.25) is 4.79 Å². The van der Waals surface area contributed by atoms with Gasteiger partial charge in [0, 0.05) is 34.6 Å². The second-order valence-corrected chi connectivity index (χ2v) is 5.52. The van der Waals surface area contributed by atoms with Gasteiger partial charge in [0.1, 0.15) is 0 Å². The van der Waals surface area contributed by atoms with Crippen LogP contribution in [-0.2, 0) is 11.8 Å². The van der Waals surface area contributed by atoms with E-state index in [-0.39, 0.29) is 5.91 Å². The van der Waals surface area contributed by atoms with Crippen LogP contribution < -0.4 is 5.32 Å². The van der Waals surface area contributed by atoms with E-state index >= 15 is 0 Å². The van der Waals surface area contributed by atoms with Gasteiger partial charge in [-0.2, -0.15) is 0 Å². The molecular weight excluding hydrogens is 272 g/mol. The van der Waals surface area contributed by atoms with Gasteiger partial charge in [0.05, 0.1) is 5.69 Å². The van der Waals surface area contributed by atoms with Crippen molar-refractivity contribution in [1.82, 2.24) is 4.57 Å². The molecule has 4 heteroatoms. The lowest BCUT2D eigenvalue weighted by molar-refractivity contribution is -0.110. The Morgan fingerprint density at radius 3 is 2.65 bits per heavy atom. The van der Waals surface area contributed by atoms with Crippen molar-refractivity contribution in [3.05, 3.63) is 51.8 Å². The van der Waals surface area contributed by atoms with Gasteiger partial charge in [-0.1, -0.05) is 17.7 Å². The molecule has 1 aliphatic heterocycles. The predicted octanol–water partition coefficient (Wildman–Crippen LogP) is 3.79. The SMILES string of the molecule is Cc1cc(/C=C2/C(=O)Nc3cc(Cl)ccc32)c(C)n1C. The van der Waals surface area contributed by atoms with Crippen LogP contribution in [0, 0.1) is 13.8 Å². The Bertz CT molecular complexity index is 756. The normalized spacial score (nSPS) is 15.6. The maximum Gasteiger partial charge on any atom is 0.256 e. The molecule has 1 aliphatic rings. The number of rotatable bonds is 1. The van der Waals surface area contributed by atoms with Crippen LogP contribution in [0.25, 0.3) is 11.6 Å². The minimum absolute atomic E-state index is 0.0804. The number of aromatic nitrogens is 1. The Morgan fingerprint density at radius 2 is 2.00 bits per heavy atom. The van der Waals surface area contributed by atoms with Gasteiger partial charge in [-0.25, -0.2) is 0 Å². The van der Waals surface area contributed by atoms with Crippen molar-refractivity contribution >= 4 is 34.8 Å². The molecule has 0 fully saturated rings. The molecule has 3 rings (SSSR count). The Balaban J connectivity index is 2.13. The minimum atomic E-state index is -0.0804.